The average molecular weight is 421 g/mol. The highest BCUT2D eigenvalue weighted by molar-refractivity contribution is 6.33. The molecule has 0 saturated heterocycles. The molecule has 2 N–H and O–H groups in total. The van der Waals surface area contributed by atoms with Crippen molar-refractivity contribution in [1.82, 2.24) is 10.6 Å². The molecule has 0 aliphatic rings. The first kappa shape index (κ1) is 21.6. The smallest absolute Gasteiger partial charge is 0.253 e. The summed E-state index contributed by atoms with van der Waals surface area (Å²) in [6.45, 7) is 2.59. The maximum Gasteiger partial charge on any atom is 0.253 e. The van der Waals surface area contributed by atoms with E-state index in [2.05, 4.69) is 22.8 Å². The molecule has 0 fully saturated rings. The van der Waals surface area contributed by atoms with Gasteiger partial charge in [-0.15, -0.1) is 0 Å². The molecule has 5 heteroatoms. The first-order chi connectivity index (χ1) is 14.5. The van der Waals surface area contributed by atoms with E-state index in [1.807, 2.05) is 49.4 Å². The third-order valence-electron chi connectivity index (χ3n) is 4.83. The molecule has 0 aliphatic heterocycles. The van der Waals surface area contributed by atoms with Crippen LogP contribution in [0, 0.1) is 6.92 Å². The van der Waals surface area contributed by atoms with Crippen LogP contribution in [0.2, 0.25) is 5.02 Å². The van der Waals surface area contributed by atoms with Gasteiger partial charge in [0.05, 0.1) is 23.0 Å². The number of carbonyl (C=O) groups excluding carboxylic acids is 2. The predicted molar refractivity (Wildman–Crippen MR) is 121 cm³/mol. The minimum atomic E-state index is -0.450. The SMILES string of the molecule is Cc1cccc(CCNC(=O)CC(NC(=O)c2ccccc2Cl)c2ccccc2)c1. The molecule has 2 amide bonds. The highest BCUT2D eigenvalue weighted by atomic mass is 35.5. The lowest BCUT2D eigenvalue weighted by Gasteiger charge is -2.19. The molecule has 3 aromatic carbocycles. The highest BCUT2D eigenvalue weighted by Gasteiger charge is 2.20. The molecule has 1 atom stereocenters. The molecule has 0 bridgehead atoms. The summed E-state index contributed by atoms with van der Waals surface area (Å²) in [6.07, 6.45) is 0.906. The minimum absolute atomic E-state index is 0.115. The molecule has 0 radical (unpaired) electrons. The van der Waals surface area contributed by atoms with Crippen LogP contribution in [0.4, 0.5) is 0 Å². The first-order valence-electron chi connectivity index (χ1n) is 9.95. The van der Waals surface area contributed by atoms with Crippen molar-refractivity contribution in [1.29, 1.82) is 0 Å². The number of amides is 2. The molecule has 3 rings (SSSR count). The van der Waals surface area contributed by atoms with Crippen LogP contribution in [-0.2, 0) is 11.2 Å². The van der Waals surface area contributed by atoms with Crippen LogP contribution < -0.4 is 10.6 Å². The third kappa shape index (κ3) is 6.19. The van der Waals surface area contributed by atoms with Crippen LogP contribution in [0.3, 0.4) is 0 Å². The van der Waals surface area contributed by atoms with Gasteiger partial charge in [-0.2, -0.15) is 0 Å². The molecule has 0 saturated carbocycles. The summed E-state index contributed by atoms with van der Waals surface area (Å²) in [5, 5.41) is 6.29. The Morgan fingerprint density at radius 1 is 0.933 bits per heavy atom. The van der Waals surface area contributed by atoms with E-state index >= 15 is 0 Å². The lowest BCUT2D eigenvalue weighted by molar-refractivity contribution is -0.121. The highest BCUT2D eigenvalue weighted by Crippen LogP contribution is 2.20. The number of benzene rings is 3. The van der Waals surface area contributed by atoms with Crippen LogP contribution in [0.15, 0.2) is 78.9 Å². The van der Waals surface area contributed by atoms with E-state index in [4.69, 9.17) is 11.6 Å². The molecule has 4 nitrogen and oxygen atoms in total. The number of rotatable bonds is 8. The lowest BCUT2D eigenvalue weighted by Crippen LogP contribution is -2.34. The Morgan fingerprint density at radius 2 is 1.67 bits per heavy atom. The zero-order valence-electron chi connectivity index (χ0n) is 16.9. The third-order valence-corrected chi connectivity index (χ3v) is 5.16. The second-order valence-corrected chi connectivity index (χ2v) is 7.62. The van der Waals surface area contributed by atoms with Crippen molar-refractivity contribution >= 4 is 23.4 Å². The van der Waals surface area contributed by atoms with Crippen molar-refractivity contribution in [2.75, 3.05) is 6.54 Å². The topological polar surface area (TPSA) is 58.2 Å². The van der Waals surface area contributed by atoms with Crippen LogP contribution in [0.1, 0.15) is 39.5 Å². The van der Waals surface area contributed by atoms with Crippen molar-refractivity contribution in [3.63, 3.8) is 0 Å². The number of hydrogen-bond donors (Lipinski definition) is 2. The van der Waals surface area contributed by atoms with Crippen LogP contribution in [0.25, 0.3) is 0 Å². The summed E-state index contributed by atoms with van der Waals surface area (Å²) in [5.74, 6) is -0.419. The van der Waals surface area contributed by atoms with Crippen LogP contribution in [0.5, 0.6) is 0 Å². The van der Waals surface area contributed by atoms with Gasteiger partial charge in [0.1, 0.15) is 0 Å². The first-order valence-corrected chi connectivity index (χ1v) is 10.3. The van der Waals surface area contributed by atoms with E-state index in [1.165, 1.54) is 11.1 Å². The van der Waals surface area contributed by atoms with Gasteiger partial charge in [0.15, 0.2) is 0 Å². The fourth-order valence-corrected chi connectivity index (χ4v) is 3.51. The Bertz CT molecular complexity index is 1000. The number of hydrogen-bond acceptors (Lipinski definition) is 2. The lowest BCUT2D eigenvalue weighted by atomic mass is 10.0. The molecular weight excluding hydrogens is 396 g/mol. The van der Waals surface area contributed by atoms with Gasteiger partial charge in [0, 0.05) is 6.54 Å². The molecule has 154 valence electrons. The second kappa shape index (κ2) is 10.6. The van der Waals surface area contributed by atoms with Crippen LogP contribution in [-0.4, -0.2) is 18.4 Å². The summed E-state index contributed by atoms with van der Waals surface area (Å²) < 4.78 is 0. The van der Waals surface area contributed by atoms with E-state index in [1.54, 1.807) is 24.3 Å². The van der Waals surface area contributed by atoms with Crippen molar-refractivity contribution < 1.29 is 9.59 Å². The Kier molecular flexibility index (Phi) is 7.63. The molecule has 0 aromatic heterocycles. The number of halogens is 1. The summed E-state index contributed by atoms with van der Waals surface area (Å²) in [5.41, 5.74) is 3.64. The van der Waals surface area contributed by atoms with E-state index in [0.717, 1.165) is 12.0 Å². The normalized spacial score (nSPS) is 11.5. The summed E-state index contributed by atoms with van der Waals surface area (Å²) >= 11 is 6.15. The second-order valence-electron chi connectivity index (χ2n) is 7.21. The van der Waals surface area contributed by atoms with E-state index < -0.39 is 6.04 Å². The largest absolute Gasteiger partial charge is 0.356 e. The van der Waals surface area contributed by atoms with Gasteiger partial charge in [-0.3, -0.25) is 9.59 Å². The molecule has 0 spiro atoms. The molecule has 0 heterocycles. The van der Waals surface area contributed by atoms with Gasteiger partial charge in [0.25, 0.3) is 5.91 Å². The van der Waals surface area contributed by atoms with Gasteiger partial charge in [-0.1, -0.05) is 83.9 Å². The monoisotopic (exact) mass is 420 g/mol. The fourth-order valence-electron chi connectivity index (χ4n) is 3.29. The number of nitrogens with one attached hydrogen (secondary N) is 2. The predicted octanol–water partition coefficient (Wildman–Crippen LogP) is 4.87. The number of carbonyl (C=O) groups is 2. The molecule has 30 heavy (non-hydrogen) atoms. The zero-order chi connectivity index (χ0) is 21.3. The van der Waals surface area contributed by atoms with Crippen molar-refractivity contribution in [2.45, 2.75) is 25.8 Å². The van der Waals surface area contributed by atoms with Crippen LogP contribution >= 0.6 is 11.6 Å². The fraction of sp³-hybridized carbons (Fsp3) is 0.200. The van der Waals surface area contributed by atoms with Gasteiger partial charge in [-0.05, 0) is 36.6 Å². The summed E-state index contributed by atoms with van der Waals surface area (Å²) in [6, 6.07) is 24.1. The Hall–Kier alpha value is -3.11. The van der Waals surface area contributed by atoms with E-state index in [0.29, 0.717) is 17.1 Å². The molecule has 0 aliphatic carbocycles. The maximum atomic E-state index is 12.7. The maximum absolute atomic E-state index is 12.7. The Morgan fingerprint density at radius 3 is 2.40 bits per heavy atom. The van der Waals surface area contributed by atoms with Gasteiger partial charge < -0.3 is 10.6 Å². The zero-order valence-corrected chi connectivity index (χ0v) is 17.7. The average Bonchev–Trinajstić information content (AvgIpc) is 2.74. The van der Waals surface area contributed by atoms with Gasteiger partial charge >= 0.3 is 0 Å². The number of aryl methyl sites for hydroxylation is 1. The van der Waals surface area contributed by atoms with Crippen molar-refractivity contribution in [3.8, 4) is 0 Å². The molecule has 3 aromatic rings. The molecule has 1 unspecified atom stereocenters. The minimum Gasteiger partial charge on any atom is -0.356 e. The standard InChI is InChI=1S/C25H25ClN2O2/c1-18-8-7-9-19(16-18)14-15-27-24(29)17-23(20-10-3-2-4-11-20)28-25(30)21-12-5-6-13-22(21)26/h2-13,16,23H,14-15,17H2,1H3,(H,27,29)(H,28,30). The van der Waals surface area contributed by atoms with E-state index in [9.17, 15) is 9.59 Å². The van der Waals surface area contributed by atoms with Gasteiger partial charge in [-0.25, -0.2) is 0 Å². The summed E-state index contributed by atoms with van der Waals surface area (Å²) in [7, 11) is 0. The summed E-state index contributed by atoms with van der Waals surface area (Å²) in [4.78, 5) is 25.3. The van der Waals surface area contributed by atoms with Gasteiger partial charge in [0.2, 0.25) is 5.91 Å². The van der Waals surface area contributed by atoms with Crippen molar-refractivity contribution in [2.24, 2.45) is 0 Å². The molecular formula is C25H25ClN2O2. The Labute approximate surface area is 182 Å². The van der Waals surface area contributed by atoms with E-state index in [-0.39, 0.29) is 18.2 Å². The quantitative estimate of drug-likeness (QED) is 0.546. The Balaban J connectivity index is 1.63. The van der Waals surface area contributed by atoms with Crippen molar-refractivity contribution in [3.05, 3.63) is 106 Å².